The molecule has 0 fully saturated rings. The Morgan fingerprint density at radius 2 is 1.29 bits per heavy atom. The van der Waals surface area contributed by atoms with Crippen LogP contribution in [-0.2, 0) is 5.41 Å². The predicted octanol–water partition coefficient (Wildman–Crippen LogP) is 13.1. The van der Waals surface area contributed by atoms with E-state index in [0.717, 1.165) is 60.8 Å². The van der Waals surface area contributed by atoms with Gasteiger partial charge in [-0.25, -0.2) is 9.97 Å². The molecule has 0 spiro atoms. The Labute approximate surface area is 297 Å². The van der Waals surface area contributed by atoms with Gasteiger partial charge >= 0.3 is 0 Å². The second-order valence-electron chi connectivity index (χ2n) is 15.4. The fraction of sp³-hybridized carbons (Fsp3) is 0.217. The molecule has 9 rings (SSSR count). The molecule has 0 atom stereocenters. The van der Waals surface area contributed by atoms with Crippen LogP contribution in [0.15, 0.2) is 118 Å². The Balaban J connectivity index is 1.48. The molecule has 5 heteroatoms. The van der Waals surface area contributed by atoms with Crippen LogP contribution in [0.2, 0.25) is 0 Å². The zero-order valence-corrected chi connectivity index (χ0v) is 30.2. The summed E-state index contributed by atoms with van der Waals surface area (Å²) in [7, 11) is 0. The number of oxazole rings is 1. The van der Waals surface area contributed by atoms with E-state index in [1.807, 2.05) is 12.1 Å². The number of rotatable bonds is 5. The third-order valence-electron chi connectivity index (χ3n) is 10.2. The van der Waals surface area contributed by atoms with E-state index in [1.165, 1.54) is 33.3 Å². The minimum atomic E-state index is -0.268. The van der Waals surface area contributed by atoms with E-state index in [9.17, 15) is 0 Å². The molecule has 5 nitrogen and oxygen atoms in total. The molecule has 0 saturated heterocycles. The van der Waals surface area contributed by atoms with Crippen molar-refractivity contribution < 1.29 is 8.83 Å². The van der Waals surface area contributed by atoms with Gasteiger partial charge in [0.1, 0.15) is 22.5 Å². The second-order valence-corrected chi connectivity index (χ2v) is 15.4. The van der Waals surface area contributed by atoms with E-state index in [2.05, 4.69) is 150 Å². The van der Waals surface area contributed by atoms with Crippen LogP contribution < -0.4 is 0 Å². The summed E-state index contributed by atoms with van der Waals surface area (Å²) >= 11 is 0. The number of aromatic nitrogens is 3. The molecule has 0 N–H and O–H groups in total. The second kappa shape index (κ2) is 11.4. The topological polar surface area (TPSA) is 57.0 Å². The van der Waals surface area contributed by atoms with E-state index in [0.29, 0.717) is 5.89 Å². The van der Waals surface area contributed by atoms with Crippen molar-refractivity contribution in [1.82, 2.24) is 14.5 Å². The number of fused-ring (bicyclic) bond motifs is 8. The van der Waals surface area contributed by atoms with Crippen LogP contribution in [0, 0.1) is 0 Å². The highest BCUT2D eigenvalue weighted by atomic mass is 16.4. The van der Waals surface area contributed by atoms with Crippen LogP contribution in [0.3, 0.4) is 0 Å². The number of imidazole rings is 1. The minimum Gasteiger partial charge on any atom is -0.455 e. The number of para-hydroxylation sites is 1. The van der Waals surface area contributed by atoms with Crippen LogP contribution in [0.5, 0.6) is 0 Å². The summed E-state index contributed by atoms with van der Waals surface area (Å²) in [6.07, 6.45) is 0. The molecule has 0 amide bonds. The zero-order chi connectivity index (χ0) is 35.2. The molecule has 3 heterocycles. The first-order valence-electron chi connectivity index (χ1n) is 18.0. The number of furan rings is 1. The van der Waals surface area contributed by atoms with E-state index in [4.69, 9.17) is 18.8 Å². The van der Waals surface area contributed by atoms with Crippen molar-refractivity contribution in [3.05, 3.63) is 126 Å². The quantitative estimate of drug-likeness (QED) is 0.183. The molecule has 51 heavy (non-hydrogen) atoms. The van der Waals surface area contributed by atoms with Crippen LogP contribution in [0.1, 0.15) is 77.3 Å². The SMILES string of the molecule is CC(C)c1cc(-c2ccccc2)cc(C(C)C)c1-n1c(-c2cc3oc(C(C)(C)C)nc3c3c2oc2ccccc23)nc2ccc3ccccc3c21. The molecule has 0 unspecified atom stereocenters. The maximum atomic E-state index is 6.81. The van der Waals surface area contributed by atoms with Gasteiger partial charge in [-0.15, -0.1) is 0 Å². The summed E-state index contributed by atoms with van der Waals surface area (Å²) in [5, 5.41) is 4.29. The Hall–Kier alpha value is -5.68. The van der Waals surface area contributed by atoms with Crippen molar-refractivity contribution in [2.45, 2.75) is 65.7 Å². The molecule has 0 aliphatic rings. The van der Waals surface area contributed by atoms with Crippen molar-refractivity contribution in [2.24, 2.45) is 0 Å². The predicted molar refractivity (Wildman–Crippen MR) is 211 cm³/mol. The highest BCUT2D eigenvalue weighted by molar-refractivity contribution is 6.20. The summed E-state index contributed by atoms with van der Waals surface area (Å²) < 4.78 is 15.8. The lowest BCUT2D eigenvalue weighted by Gasteiger charge is -2.24. The fourth-order valence-electron chi connectivity index (χ4n) is 7.62. The van der Waals surface area contributed by atoms with Crippen molar-refractivity contribution >= 4 is 54.8 Å². The molecule has 252 valence electrons. The van der Waals surface area contributed by atoms with Crippen LogP contribution >= 0.6 is 0 Å². The van der Waals surface area contributed by atoms with Crippen molar-refractivity contribution in [3.8, 4) is 28.2 Å². The Kier molecular flexibility index (Phi) is 7.01. The van der Waals surface area contributed by atoms with Crippen molar-refractivity contribution in [3.63, 3.8) is 0 Å². The molecule has 6 aromatic carbocycles. The highest BCUT2D eigenvalue weighted by Gasteiger charge is 2.29. The first kappa shape index (κ1) is 31.3. The summed E-state index contributed by atoms with van der Waals surface area (Å²) in [5.74, 6) is 1.98. The van der Waals surface area contributed by atoms with Gasteiger partial charge in [0.25, 0.3) is 0 Å². The minimum absolute atomic E-state index is 0.235. The Morgan fingerprint density at radius 1 is 0.627 bits per heavy atom. The van der Waals surface area contributed by atoms with Gasteiger partial charge in [0.2, 0.25) is 5.89 Å². The normalized spacial score (nSPS) is 12.6. The van der Waals surface area contributed by atoms with Crippen LogP contribution in [0.25, 0.3) is 83.0 Å². The number of hydrogen-bond donors (Lipinski definition) is 0. The molecule has 0 aliphatic carbocycles. The fourth-order valence-corrected chi connectivity index (χ4v) is 7.62. The maximum Gasteiger partial charge on any atom is 0.200 e. The van der Waals surface area contributed by atoms with Gasteiger partial charge in [-0.2, -0.15) is 0 Å². The lowest BCUT2D eigenvalue weighted by Crippen LogP contribution is -2.10. The van der Waals surface area contributed by atoms with E-state index >= 15 is 0 Å². The zero-order valence-electron chi connectivity index (χ0n) is 30.2. The largest absolute Gasteiger partial charge is 0.455 e. The molecule has 3 aromatic heterocycles. The molecule has 0 saturated carbocycles. The lowest BCUT2D eigenvalue weighted by atomic mass is 9.88. The lowest BCUT2D eigenvalue weighted by molar-refractivity contribution is 0.411. The molecule has 9 aromatic rings. The van der Waals surface area contributed by atoms with Gasteiger partial charge in [-0.05, 0) is 69.8 Å². The average Bonchev–Trinajstić information content (AvgIpc) is 3.84. The molecule has 0 radical (unpaired) electrons. The van der Waals surface area contributed by atoms with Gasteiger partial charge in [0.15, 0.2) is 5.58 Å². The van der Waals surface area contributed by atoms with E-state index in [-0.39, 0.29) is 17.3 Å². The number of hydrogen-bond acceptors (Lipinski definition) is 4. The summed E-state index contributed by atoms with van der Waals surface area (Å²) in [6, 6.07) is 38.7. The summed E-state index contributed by atoms with van der Waals surface area (Å²) in [5.41, 5.74) is 11.9. The van der Waals surface area contributed by atoms with Crippen molar-refractivity contribution in [2.75, 3.05) is 0 Å². The average molecular weight is 668 g/mol. The molecular weight excluding hydrogens is 627 g/mol. The maximum absolute atomic E-state index is 6.81. The van der Waals surface area contributed by atoms with E-state index < -0.39 is 0 Å². The Morgan fingerprint density at radius 3 is 2.00 bits per heavy atom. The summed E-state index contributed by atoms with van der Waals surface area (Å²) in [4.78, 5) is 10.6. The number of benzene rings is 6. The third-order valence-corrected chi connectivity index (χ3v) is 10.2. The Bertz CT molecular complexity index is 2760. The van der Waals surface area contributed by atoms with E-state index in [1.54, 1.807) is 0 Å². The van der Waals surface area contributed by atoms with Crippen LogP contribution in [0.4, 0.5) is 0 Å². The van der Waals surface area contributed by atoms with Gasteiger partial charge in [-0.1, -0.05) is 127 Å². The third kappa shape index (κ3) is 4.90. The van der Waals surface area contributed by atoms with Crippen molar-refractivity contribution in [1.29, 1.82) is 0 Å². The van der Waals surface area contributed by atoms with Gasteiger partial charge in [0, 0.05) is 16.2 Å². The smallest absolute Gasteiger partial charge is 0.200 e. The molecular formula is C46H41N3O2. The first-order chi connectivity index (χ1) is 24.6. The molecule has 0 aliphatic heterocycles. The summed E-state index contributed by atoms with van der Waals surface area (Å²) in [6.45, 7) is 15.6. The highest BCUT2D eigenvalue weighted by Crippen LogP contribution is 2.46. The standard InChI is InChI=1S/C46H41N3O2/c1-26(2)33-23-30(28-15-9-8-10-16-28)24-34(27(3)4)41(33)49-42-31-18-12-11-17-29(31)21-22-36(42)47-44(49)35-25-38-40(48-45(51-38)46(5,6)7)39-32-19-13-14-20-37(32)50-43(35)39/h8-27H,1-7H3. The first-order valence-corrected chi connectivity index (χ1v) is 18.0. The van der Waals surface area contributed by atoms with Gasteiger partial charge in [0.05, 0.1) is 27.7 Å². The van der Waals surface area contributed by atoms with Gasteiger partial charge in [-0.3, -0.25) is 4.57 Å². The van der Waals surface area contributed by atoms with Gasteiger partial charge < -0.3 is 8.83 Å². The number of nitrogens with zero attached hydrogens (tertiary/aromatic N) is 3. The molecule has 0 bridgehead atoms. The van der Waals surface area contributed by atoms with Crippen LogP contribution in [-0.4, -0.2) is 14.5 Å². The monoisotopic (exact) mass is 667 g/mol.